The molecule has 316 valence electrons. The van der Waals surface area contributed by atoms with E-state index in [9.17, 15) is 27.6 Å². The molecule has 4 aromatic rings. The zero-order valence-corrected chi connectivity index (χ0v) is 34.5. The van der Waals surface area contributed by atoms with Crippen molar-refractivity contribution in [3.63, 3.8) is 0 Å². The molecular weight excluding hydrogens is 762 g/mol. The van der Waals surface area contributed by atoms with Gasteiger partial charge in [0.2, 0.25) is 0 Å². The van der Waals surface area contributed by atoms with Crippen LogP contribution in [-0.2, 0) is 22.2 Å². The minimum Gasteiger partial charge on any atom is -0.372 e. The van der Waals surface area contributed by atoms with Crippen LogP contribution in [0.25, 0.3) is 11.3 Å². The van der Waals surface area contributed by atoms with Crippen molar-refractivity contribution in [3.05, 3.63) is 113 Å². The van der Waals surface area contributed by atoms with Crippen LogP contribution in [0.5, 0.6) is 0 Å². The lowest BCUT2D eigenvalue weighted by molar-refractivity contribution is -0.137. The highest BCUT2D eigenvalue weighted by Gasteiger charge is 2.30. The molecule has 0 spiro atoms. The molecule has 0 radical (unpaired) electrons. The first-order chi connectivity index (χ1) is 28.3. The third kappa shape index (κ3) is 12.6. The topological polar surface area (TPSA) is 116 Å². The molecule has 0 saturated carbocycles. The molecular formula is C45H55F3N6O5. The van der Waals surface area contributed by atoms with Crippen LogP contribution in [0, 0.1) is 5.92 Å². The molecule has 1 aliphatic heterocycles. The summed E-state index contributed by atoms with van der Waals surface area (Å²) in [5, 5.41) is 5.68. The van der Waals surface area contributed by atoms with Gasteiger partial charge in [-0.1, -0.05) is 32.0 Å². The Morgan fingerprint density at radius 2 is 1.66 bits per heavy atom. The molecule has 2 N–H and O–H groups in total. The fraction of sp³-hybridized carbons (Fsp3) is 0.422. The number of carbonyl (C=O) groups excluding carboxylic acids is 3. The van der Waals surface area contributed by atoms with E-state index in [4.69, 9.17) is 9.47 Å². The van der Waals surface area contributed by atoms with E-state index in [1.807, 2.05) is 26.0 Å². The molecule has 2 heterocycles. The van der Waals surface area contributed by atoms with Gasteiger partial charge in [0.15, 0.2) is 0 Å². The maximum absolute atomic E-state index is 13.8. The normalized spacial score (nSPS) is 14.4. The lowest BCUT2D eigenvalue weighted by Crippen LogP contribution is -2.40. The maximum atomic E-state index is 13.8. The first-order valence-corrected chi connectivity index (χ1v) is 20.1. The Labute approximate surface area is 344 Å². The van der Waals surface area contributed by atoms with Crippen LogP contribution >= 0.6 is 0 Å². The number of nitrogens with one attached hydrogen (secondary N) is 2. The van der Waals surface area contributed by atoms with E-state index in [1.165, 1.54) is 24.4 Å². The molecule has 3 aromatic carbocycles. The number of rotatable bonds is 19. The Hall–Kier alpha value is -5.31. The van der Waals surface area contributed by atoms with E-state index in [0.29, 0.717) is 60.3 Å². The summed E-state index contributed by atoms with van der Waals surface area (Å²) in [5.41, 5.74) is 2.68. The molecule has 1 unspecified atom stereocenters. The molecule has 5 rings (SSSR count). The van der Waals surface area contributed by atoms with Gasteiger partial charge < -0.3 is 29.9 Å². The maximum Gasteiger partial charge on any atom is 0.416 e. The number of likely N-dealkylation sites (N-methyl/N-ethyl adjacent to an activating group) is 1. The smallest absolute Gasteiger partial charge is 0.372 e. The predicted octanol–water partition coefficient (Wildman–Crippen LogP) is 7.98. The minimum atomic E-state index is -4.50. The van der Waals surface area contributed by atoms with Crippen LogP contribution in [-0.4, -0.2) is 98.3 Å². The predicted molar refractivity (Wildman–Crippen MR) is 223 cm³/mol. The Bertz CT molecular complexity index is 2040. The second-order valence-corrected chi connectivity index (χ2v) is 15.1. The van der Waals surface area contributed by atoms with E-state index in [0.717, 1.165) is 50.3 Å². The summed E-state index contributed by atoms with van der Waals surface area (Å²) in [6, 6.07) is 20.3. The Balaban J connectivity index is 1.27. The molecule has 0 bridgehead atoms. The average Bonchev–Trinajstić information content (AvgIpc) is 3.69. The number of amides is 3. The van der Waals surface area contributed by atoms with Crippen LogP contribution in [0.3, 0.4) is 0 Å². The van der Waals surface area contributed by atoms with Crippen molar-refractivity contribution in [1.82, 2.24) is 20.1 Å². The highest BCUT2D eigenvalue weighted by atomic mass is 19.4. The summed E-state index contributed by atoms with van der Waals surface area (Å²) in [4.78, 5) is 51.3. The minimum absolute atomic E-state index is 0.111. The first-order valence-electron chi connectivity index (χ1n) is 20.1. The van der Waals surface area contributed by atoms with Gasteiger partial charge in [-0.05, 0) is 105 Å². The van der Waals surface area contributed by atoms with Crippen molar-refractivity contribution in [2.24, 2.45) is 5.92 Å². The summed E-state index contributed by atoms with van der Waals surface area (Å²) in [7, 11) is 1.76. The quantitative estimate of drug-likeness (QED) is 0.0724. The zero-order valence-electron chi connectivity index (χ0n) is 34.5. The third-order valence-corrected chi connectivity index (χ3v) is 10.3. The van der Waals surface area contributed by atoms with Gasteiger partial charge in [-0.15, -0.1) is 0 Å². The number of nitrogens with zero attached hydrogens (tertiary/aromatic N) is 4. The van der Waals surface area contributed by atoms with Gasteiger partial charge in [0, 0.05) is 80.0 Å². The van der Waals surface area contributed by atoms with Crippen LogP contribution in [0.15, 0.2) is 85.1 Å². The molecule has 1 atom stereocenters. The van der Waals surface area contributed by atoms with Crippen molar-refractivity contribution in [2.45, 2.75) is 59.3 Å². The fourth-order valence-corrected chi connectivity index (χ4v) is 6.99. The van der Waals surface area contributed by atoms with Crippen molar-refractivity contribution in [2.75, 3.05) is 70.0 Å². The fourth-order valence-electron chi connectivity index (χ4n) is 6.99. The van der Waals surface area contributed by atoms with Gasteiger partial charge in [-0.2, -0.15) is 13.2 Å². The largest absolute Gasteiger partial charge is 0.416 e. The van der Waals surface area contributed by atoms with E-state index in [1.54, 1.807) is 48.3 Å². The number of alkyl halides is 3. The van der Waals surface area contributed by atoms with Crippen molar-refractivity contribution in [1.29, 1.82) is 0 Å². The molecule has 0 aliphatic carbocycles. The van der Waals surface area contributed by atoms with Crippen LogP contribution in [0.1, 0.15) is 82.7 Å². The molecule has 1 saturated heterocycles. The molecule has 1 aliphatic rings. The number of hydrogen-bond acceptors (Lipinski definition) is 8. The van der Waals surface area contributed by atoms with Gasteiger partial charge in [-0.25, -0.2) is 0 Å². The average molecular weight is 817 g/mol. The third-order valence-electron chi connectivity index (χ3n) is 10.3. The highest BCUT2D eigenvalue weighted by Crippen LogP contribution is 2.33. The molecule has 3 amide bonds. The van der Waals surface area contributed by atoms with Crippen molar-refractivity contribution >= 4 is 29.1 Å². The van der Waals surface area contributed by atoms with Crippen LogP contribution in [0.4, 0.5) is 24.5 Å². The lowest BCUT2D eigenvalue weighted by Gasteiger charge is -2.27. The SMILES string of the molecule is CCN(CC)c1ccc(NC(=O)c2cccc(C(=O)N(C)CCN3CCCC3COCOCC(C)C)c2)c(-c2cc(C(=O)NCc3cccc(C(F)(F)F)c3)ccn2)c1. The number of ether oxygens (including phenoxy) is 2. The van der Waals surface area contributed by atoms with Crippen LogP contribution < -0.4 is 15.5 Å². The standard InChI is InChI=1S/C45H55F3N6O5/c1-6-53(7-2)37-16-17-40(39(26-37)41-25-34(18-19-49-41)42(55)50-27-32-11-8-14-36(23-32)45(46,47)48)51-43(56)33-12-9-13-35(24-33)44(57)52(5)21-22-54-20-10-15-38(54)29-59-30-58-28-31(3)4/h8-9,11-14,16-19,23-26,31,38H,6-7,10,15,20-22,27-30H2,1-5H3,(H,50,55)(H,51,56). The van der Waals surface area contributed by atoms with Gasteiger partial charge >= 0.3 is 6.18 Å². The van der Waals surface area contributed by atoms with E-state index in [2.05, 4.69) is 39.3 Å². The molecule has 1 aromatic heterocycles. The van der Waals surface area contributed by atoms with Gasteiger partial charge in [0.25, 0.3) is 17.7 Å². The van der Waals surface area contributed by atoms with Gasteiger partial charge in [0.1, 0.15) is 6.79 Å². The monoisotopic (exact) mass is 816 g/mol. The van der Waals surface area contributed by atoms with Crippen molar-refractivity contribution < 1.29 is 37.0 Å². The number of aromatic nitrogens is 1. The highest BCUT2D eigenvalue weighted by molar-refractivity contribution is 6.08. The van der Waals surface area contributed by atoms with E-state index < -0.39 is 23.6 Å². The number of halogens is 3. The van der Waals surface area contributed by atoms with Gasteiger partial charge in [-0.3, -0.25) is 24.3 Å². The van der Waals surface area contributed by atoms with Gasteiger partial charge in [0.05, 0.1) is 30.2 Å². The summed E-state index contributed by atoms with van der Waals surface area (Å²) < 4.78 is 51.0. The van der Waals surface area contributed by atoms with Crippen LogP contribution in [0.2, 0.25) is 0 Å². The Kier molecular flexibility index (Phi) is 16.0. The summed E-state index contributed by atoms with van der Waals surface area (Å²) >= 11 is 0. The number of likely N-dealkylation sites (tertiary alicyclic amines) is 1. The number of carbonyl (C=O) groups is 3. The summed E-state index contributed by atoms with van der Waals surface area (Å²) in [6.07, 6.45) is -0.931. The number of benzene rings is 3. The summed E-state index contributed by atoms with van der Waals surface area (Å²) in [5.74, 6) is -0.695. The zero-order chi connectivity index (χ0) is 42.5. The molecule has 11 nitrogen and oxygen atoms in total. The molecule has 59 heavy (non-hydrogen) atoms. The van der Waals surface area contributed by atoms with Crippen molar-refractivity contribution in [3.8, 4) is 11.3 Å². The molecule has 14 heteroatoms. The number of anilines is 2. The Morgan fingerprint density at radius 3 is 2.41 bits per heavy atom. The molecule has 1 fully saturated rings. The second kappa shape index (κ2) is 21.1. The lowest BCUT2D eigenvalue weighted by atomic mass is 10.0. The van der Waals surface area contributed by atoms with E-state index in [-0.39, 0.29) is 36.4 Å². The first kappa shape index (κ1) is 44.8. The second-order valence-electron chi connectivity index (χ2n) is 15.1. The number of hydrogen-bond donors (Lipinski definition) is 2. The van der Waals surface area contributed by atoms with E-state index >= 15 is 0 Å². The summed E-state index contributed by atoms with van der Waals surface area (Å²) in [6.45, 7) is 13.2. The Morgan fingerprint density at radius 1 is 0.915 bits per heavy atom. The number of pyridine rings is 1.